The molecule has 3 nitrogen and oxygen atoms in total. The molecule has 0 spiro atoms. The van der Waals surface area contributed by atoms with Crippen LogP contribution in [-0.2, 0) is 16.0 Å². The van der Waals surface area contributed by atoms with Gasteiger partial charge in [-0.05, 0) is 37.2 Å². The molecule has 1 aliphatic heterocycles. The SMILES string of the molecule is O=C(O)C(Cc1ccccc1)CC1CCOCC1. The summed E-state index contributed by atoms with van der Waals surface area (Å²) in [6.07, 6.45) is 3.40. The van der Waals surface area contributed by atoms with Gasteiger partial charge in [0.25, 0.3) is 0 Å². The monoisotopic (exact) mass is 248 g/mol. The summed E-state index contributed by atoms with van der Waals surface area (Å²) in [5.74, 6) is -0.440. The van der Waals surface area contributed by atoms with Crippen LogP contribution in [-0.4, -0.2) is 24.3 Å². The third-order valence-electron chi connectivity index (χ3n) is 3.63. The van der Waals surface area contributed by atoms with Crippen molar-refractivity contribution in [2.45, 2.75) is 25.7 Å². The van der Waals surface area contributed by atoms with E-state index in [2.05, 4.69) is 0 Å². The van der Waals surface area contributed by atoms with Crippen LogP contribution in [0.25, 0.3) is 0 Å². The van der Waals surface area contributed by atoms with Crippen LogP contribution in [0.2, 0.25) is 0 Å². The van der Waals surface area contributed by atoms with E-state index in [-0.39, 0.29) is 5.92 Å². The molecule has 0 amide bonds. The van der Waals surface area contributed by atoms with E-state index in [4.69, 9.17) is 4.74 Å². The summed E-state index contributed by atoms with van der Waals surface area (Å²) >= 11 is 0. The third-order valence-corrected chi connectivity index (χ3v) is 3.63. The molecule has 0 radical (unpaired) electrons. The van der Waals surface area contributed by atoms with Crippen LogP contribution in [0.3, 0.4) is 0 Å². The summed E-state index contributed by atoms with van der Waals surface area (Å²) < 4.78 is 5.31. The van der Waals surface area contributed by atoms with Gasteiger partial charge in [0.2, 0.25) is 0 Å². The summed E-state index contributed by atoms with van der Waals surface area (Å²) in [7, 11) is 0. The smallest absolute Gasteiger partial charge is 0.306 e. The fraction of sp³-hybridized carbons (Fsp3) is 0.533. The first-order chi connectivity index (χ1) is 8.75. The van der Waals surface area contributed by atoms with Crippen molar-refractivity contribution in [3.63, 3.8) is 0 Å². The van der Waals surface area contributed by atoms with Gasteiger partial charge in [-0.25, -0.2) is 0 Å². The molecule has 1 saturated heterocycles. The van der Waals surface area contributed by atoms with Crippen molar-refractivity contribution in [1.29, 1.82) is 0 Å². The Bertz CT molecular complexity index is 369. The standard InChI is InChI=1S/C15H20O3/c16-15(17)14(10-12-4-2-1-3-5-12)11-13-6-8-18-9-7-13/h1-5,13-14H,6-11H2,(H,16,17). The molecule has 0 aliphatic carbocycles. The van der Waals surface area contributed by atoms with Crippen LogP contribution in [0.15, 0.2) is 30.3 Å². The Balaban J connectivity index is 1.93. The maximum atomic E-state index is 11.3. The predicted octanol–water partition coefficient (Wildman–Crippen LogP) is 2.75. The Labute approximate surface area is 108 Å². The second-order valence-corrected chi connectivity index (χ2v) is 5.02. The molecule has 2 rings (SSSR count). The Hall–Kier alpha value is -1.35. The van der Waals surface area contributed by atoms with Crippen LogP contribution in [0, 0.1) is 11.8 Å². The molecule has 1 aromatic rings. The fourth-order valence-electron chi connectivity index (χ4n) is 2.55. The molecule has 1 heterocycles. The number of carboxylic acids is 1. The summed E-state index contributed by atoms with van der Waals surface area (Å²) in [5, 5.41) is 9.33. The molecule has 98 valence electrons. The predicted molar refractivity (Wildman–Crippen MR) is 69.4 cm³/mol. The zero-order valence-corrected chi connectivity index (χ0v) is 10.5. The highest BCUT2D eigenvalue weighted by atomic mass is 16.5. The Kier molecular flexibility index (Phi) is 4.76. The zero-order chi connectivity index (χ0) is 12.8. The second-order valence-electron chi connectivity index (χ2n) is 5.02. The van der Waals surface area contributed by atoms with Gasteiger partial charge in [-0.15, -0.1) is 0 Å². The number of hydrogen-bond donors (Lipinski definition) is 1. The van der Waals surface area contributed by atoms with E-state index in [0.717, 1.165) is 38.0 Å². The van der Waals surface area contributed by atoms with E-state index in [0.29, 0.717) is 12.3 Å². The maximum Gasteiger partial charge on any atom is 0.306 e. The minimum absolute atomic E-state index is 0.268. The molecule has 1 aromatic carbocycles. The minimum atomic E-state index is -0.676. The van der Waals surface area contributed by atoms with Crippen LogP contribution < -0.4 is 0 Å². The average Bonchev–Trinajstić information content (AvgIpc) is 2.40. The van der Waals surface area contributed by atoms with Gasteiger partial charge in [-0.1, -0.05) is 30.3 Å². The van der Waals surface area contributed by atoms with Gasteiger partial charge in [0.15, 0.2) is 0 Å². The van der Waals surface area contributed by atoms with Crippen LogP contribution >= 0.6 is 0 Å². The van der Waals surface area contributed by atoms with E-state index in [1.165, 1.54) is 0 Å². The number of aliphatic carboxylic acids is 1. The van der Waals surface area contributed by atoms with E-state index < -0.39 is 5.97 Å². The maximum absolute atomic E-state index is 11.3. The molecule has 1 aliphatic rings. The molecule has 1 N–H and O–H groups in total. The van der Waals surface area contributed by atoms with E-state index >= 15 is 0 Å². The van der Waals surface area contributed by atoms with Crippen LogP contribution in [0.1, 0.15) is 24.8 Å². The van der Waals surface area contributed by atoms with E-state index in [9.17, 15) is 9.90 Å². The first-order valence-corrected chi connectivity index (χ1v) is 6.60. The summed E-state index contributed by atoms with van der Waals surface area (Å²) in [6, 6.07) is 9.88. The summed E-state index contributed by atoms with van der Waals surface area (Å²) in [5.41, 5.74) is 1.11. The molecule has 1 fully saturated rings. The lowest BCUT2D eigenvalue weighted by atomic mass is 9.85. The molecule has 0 aromatic heterocycles. The van der Waals surface area contributed by atoms with Crippen molar-refractivity contribution >= 4 is 5.97 Å². The minimum Gasteiger partial charge on any atom is -0.481 e. The number of ether oxygens (including phenoxy) is 1. The molecule has 0 saturated carbocycles. The molecular formula is C15H20O3. The lowest BCUT2D eigenvalue weighted by Crippen LogP contribution is -2.24. The molecule has 18 heavy (non-hydrogen) atoms. The Morgan fingerprint density at radius 3 is 2.56 bits per heavy atom. The van der Waals surface area contributed by atoms with Gasteiger partial charge in [0.05, 0.1) is 5.92 Å². The first kappa shape index (κ1) is 13.1. The highest BCUT2D eigenvalue weighted by molar-refractivity contribution is 5.70. The van der Waals surface area contributed by atoms with Crippen molar-refractivity contribution in [3.05, 3.63) is 35.9 Å². The van der Waals surface area contributed by atoms with Gasteiger partial charge < -0.3 is 9.84 Å². The normalized spacial score (nSPS) is 18.4. The number of carboxylic acid groups (broad SMARTS) is 1. The van der Waals surface area contributed by atoms with Crippen LogP contribution in [0.5, 0.6) is 0 Å². The molecular weight excluding hydrogens is 228 g/mol. The van der Waals surface area contributed by atoms with Gasteiger partial charge in [0.1, 0.15) is 0 Å². The fourth-order valence-corrected chi connectivity index (χ4v) is 2.55. The van der Waals surface area contributed by atoms with E-state index in [1.54, 1.807) is 0 Å². The van der Waals surface area contributed by atoms with Crippen molar-refractivity contribution in [3.8, 4) is 0 Å². The molecule has 1 atom stereocenters. The number of hydrogen-bond acceptors (Lipinski definition) is 2. The van der Waals surface area contributed by atoms with E-state index in [1.807, 2.05) is 30.3 Å². The van der Waals surface area contributed by atoms with Gasteiger partial charge in [0, 0.05) is 13.2 Å². The first-order valence-electron chi connectivity index (χ1n) is 6.60. The molecule has 1 unspecified atom stereocenters. The van der Waals surface area contributed by atoms with Gasteiger partial charge >= 0.3 is 5.97 Å². The lowest BCUT2D eigenvalue weighted by molar-refractivity contribution is -0.142. The molecule has 3 heteroatoms. The largest absolute Gasteiger partial charge is 0.481 e. The topological polar surface area (TPSA) is 46.5 Å². The Morgan fingerprint density at radius 1 is 1.28 bits per heavy atom. The number of carbonyl (C=O) groups is 1. The highest BCUT2D eigenvalue weighted by Gasteiger charge is 2.24. The lowest BCUT2D eigenvalue weighted by Gasteiger charge is -2.24. The highest BCUT2D eigenvalue weighted by Crippen LogP contribution is 2.25. The van der Waals surface area contributed by atoms with Crippen molar-refractivity contribution in [2.24, 2.45) is 11.8 Å². The number of rotatable bonds is 5. The van der Waals surface area contributed by atoms with Gasteiger partial charge in [-0.2, -0.15) is 0 Å². The Morgan fingerprint density at radius 2 is 1.94 bits per heavy atom. The summed E-state index contributed by atoms with van der Waals surface area (Å²) in [6.45, 7) is 1.56. The van der Waals surface area contributed by atoms with Crippen molar-refractivity contribution in [1.82, 2.24) is 0 Å². The summed E-state index contributed by atoms with van der Waals surface area (Å²) in [4.78, 5) is 11.3. The van der Waals surface area contributed by atoms with Crippen LogP contribution in [0.4, 0.5) is 0 Å². The zero-order valence-electron chi connectivity index (χ0n) is 10.5. The number of benzene rings is 1. The third kappa shape index (κ3) is 3.84. The van der Waals surface area contributed by atoms with Crippen molar-refractivity contribution < 1.29 is 14.6 Å². The van der Waals surface area contributed by atoms with Gasteiger partial charge in [-0.3, -0.25) is 4.79 Å². The molecule has 0 bridgehead atoms. The quantitative estimate of drug-likeness (QED) is 0.871. The van der Waals surface area contributed by atoms with Crippen molar-refractivity contribution in [2.75, 3.05) is 13.2 Å². The second kappa shape index (κ2) is 6.55. The average molecular weight is 248 g/mol.